The van der Waals surface area contributed by atoms with Crippen LogP contribution >= 0.6 is 0 Å². The molecular weight excluding hydrogens is 316 g/mol. The Morgan fingerprint density at radius 3 is 2.43 bits per heavy atom. The predicted molar refractivity (Wildman–Crippen MR) is 87.3 cm³/mol. The van der Waals surface area contributed by atoms with Gasteiger partial charge in [0.2, 0.25) is 15.9 Å². The van der Waals surface area contributed by atoms with Crippen molar-refractivity contribution >= 4 is 15.9 Å². The number of hydrogen-bond donors (Lipinski definition) is 1. The molecule has 0 aromatic heterocycles. The van der Waals surface area contributed by atoms with E-state index in [2.05, 4.69) is 5.32 Å². The Kier molecular flexibility index (Phi) is 4.99. The molecule has 23 heavy (non-hydrogen) atoms. The lowest BCUT2D eigenvalue weighted by molar-refractivity contribution is -0.126. The first-order valence-corrected chi connectivity index (χ1v) is 10.4. The van der Waals surface area contributed by atoms with E-state index >= 15 is 0 Å². The van der Waals surface area contributed by atoms with Crippen LogP contribution in [0.25, 0.3) is 0 Å². The summed E-state index contributed by atoms with van der Waals surface area (Å²) in [7, 11) is -3.34. The number of amides is 1. The molecule has 3 rings (SSSR count). The zero-order valence-electron chi connectivity index (χ0n) is 14.0. The molecule has 1 amide bonds. The van der Waals surface area contributed by atoms with Crippen molar-refractivity contribution < 1.29 is 17.9 Å². The lowest BCUT2D eigenvalue weighted by Gasteiger charge is -2.34. The topological polar surface area (TPSA) is 75.7 Å². The van der Waals surface area contributed by atoms with Crippen molar-refractivity contribution in [1.29, 1.82) is 0 Å². The summed E-state index contributed by atoms with van der Waals surface area (Å²) in [5.41, 5.74) is 0. The Hall–Kier alpha value is -0.660. The van der Waals surface area contributed by atoms with Crippen molar-refractivity contribution in [2.24, 2.45) is 17.8 Å². The predicted octanol–water partition coefficient (Wildman–Crippen LogP) is 0.978. The summed E-state index contributed by atoms with van der Waals surface area (Å²) >= 11 is 0. The van der Waals surface area contributed by atoms with Crippen molar-refractivity contribution in [3.05, 3.63) is 0 Å². The van der Waals surface area contributed by atoms with E-state index in [0.717, 1.165) is 18.8 Å². The Morgan fingerprint density at radius 1 is 1.17 bits per heavy atom. The molecular formula is C16H28N2O4S. The Morgan fingerprint density at radius 2 is 1.87 bits per heavy atom. The van der Waals surface area contributed by atoms with Crippen molar-refractivity contribution in [2.75, 3.05) is 25.4 Å². The average Bonchev–Trinajstić information content (AvgIpc) is 3.08. The standard InChI is InChI=1S/C16H28N2O4S/c1-11-9-18(10-12(2)22-11)23(20,21)6-5-17-16(19)15-8-13-3-4-14(15)7-13/h11-15H,3-10H2,1-2H3,(H,17,19)/t11-,12-,13+,14+,15-/m1/s1. The molecule has 2 saturated carbocycles. The quantitative estimate of drug-likeness (QED) is 0.807. The molecule has 6 nitrogen and oxygen atoms in total. The number of nitrogens with zero attached hydrogens (tertiary/aromatic N) is 1. The molecule has 3 fully saturated rings. The van der Waals surface area contributed by atoms with Crippen molar-refractivity contribution in [1.82, 2.24) is 9.62 Å². The maximum Gasteiger partial charge on any atom is 0.223 e. The summed E-state index contributed by atoms with van der Waals surface area (Å²) in [6, 6.07) is 0. The van der Waals surface area contributed by atoms with Gasteiger partial charge in [0.05, 0.1) is 18.0 Å². The van der Waals surface area contributed by atoms with Crippen LogP contribution < -0.4 is 5.32 Å². The van der Waals surface area contributed by atoms with E-state index in [1.54, 1.807) is 0 Å². The van der Waals surface area contributed by atoms with Crippen LogP contribution in [-0.4, -0.2) is 56.2 Å². The second-order valence-corrected chi connectivity index (χ2v) is 9.55. The fraction of sp³-hybridized carbons (Fsp3) is 0.938. The molecule has 0 unspecified atom stereocenters. The summed E-state index contributed by atoms with van der Waals surface area (Å²) in [6.45, 7) is 4.76. The van der Waals surface area contributed by atoms with E-state index in [1.165, 1.54) is 17.1 Å². The number of nitrogens with one attached hydrogen (secondary N) is 1. The van der Waals surface area contributed by atoms with Crippen LogP contribution in [0.15, 0.2) is 0 Å². The Balaban J connectivity index is 1.46. The highest BCUT2D eigenvalue weighted by molar-refractivity contribution is 7.89. The molecule has 132 valence electrons. The largest absolute Gasteiger partial charge is 0.373 e. The summed E-state index contributed by atoms with van der Waals surface area (Å²) < 4.78 is 31.9. The van der Waals surface area contributed by atoms with Gasteiger partial charge in [-0.2, -0.15) is 4.31 Å². The van der Waals surface area contributed by atoms with E-state index < -0.39 is 10.0 Å². The lowest BCUT2D eigenvalue weighted by Crippen LogP contribution is -2.50. The second-order valence-electron chi connectivity index (χ2n) is 7.46. The number of fused-ring (bicyclic) bond motifs is 2. The summed E-state index contributed by atoms with van der Waals surface area (Å²) in [6.07, 6.45) is 4.41. The maximum absolute atomic E-state index is 12.4. The molecule has 0 radical (unpaired) electrons. The Bertz CT molecular complexity index is 540. The number of sulfonamides is 1. The third kappa shape index (κ3) is 3.88. The lowest BCUT2D eigenvalue weighted by atomic mass is 9.88. The van der Waals surface area contributed by atoms with E-state index in [1.807, 2.05) is 13.8 Å². The van der Waals surface area contributed by atoms with Gasteiger partial charge in [-0.25, -0.2) is 8.42 Å². The molecule has 1 saturated heterocycles. The van der Waals surface area contributed by atoms with Crippen LogP contribution in [0.1, 0.15) is 39.5 Å². The molecule has 1 N–H and O–H groups in total. The van der Waals surface area contributed by atoms with E-state index in [0.29, 0.717) is 19.0 Å². The Labute approximate surface area is 139 Å². The summed E-state index contributed by atoms with van der Waals surface area (Å²) in [4.78, 5) is 12.3. The molecule has 0 spiro atoms. The molecule has 0 aromatic carbocycles. The van der Waals surface area contributed by atoms with Gasteiger partial charge in [-0.1, -0.05) is 6.42 Å². The van der Waals surface area contributed by atoms with Gasteiger partial charge < -0.3 is 10.1 Å². The highest BCUT2D eigenvalue weighted by Crippen LogP contribution is 2.48. The van der Waals surface area contributed by atoms with Gasteiger partial charge in [-0.05, 0) is 44.9 Å². The number of carbonyl (C=O) groups is 1. The van der Waals surface area contributed by atoms with Crippen molar-refractivity contribution in [3.63, 3.8) is 0 Å². The van der Waals surface area contributed by atoms with Gasteiger partial charge in [-0.3, -0.25) is 4.79 Å². The smallest absolute Gasteiger partial charge is 0.223 e. The van der Waals surface area contributed by atoms with Crippen LogP contribution in [0, 0.1) is 17.8 Å². The normalized spacial score (nSPS) is 37.9. The highest BCUT2D eigenvalue weighted by Gasteiger charge is 2.43. The molecule has 5 atom stereocenters. The number of rotatable bonds is 5. The third-order valence-corrected chi connectivity index (χ3v) is 7.32. The molecule has 7 heteroatoms. The number of morpholine rings is 1. The molecule has 1 heterocycles. The number of carbonyl (C=O) groups excluding carboxylic acids is 1. The SMILES string of the molecule is C[C@@H]1CN(S(=O)(=O)CCNC(=O)[C@@H]2C[C@H]3CC[C@H]2C3)C[C@@H](C)O1. The van der Waals surface area contributed by atoms with E-state index in [-0.39, 0.29) is 36.3 Å². The van der Waals surface area contributed by atoms with Gasteiger partial charge in [-0.15, -0.1) is 0 Å². The van der Waals surface area contributed by atoms with E-state index in [4.69, 9.17) is 4.74 Å². The van der Waals surface area contributed by atoms with Gasteiger partial charge >= 0.3 is 0 Å². The number of ether oxygens (including phenoxy) is 1. The minimum absolute atomic E-state index is 0.0288. The van der Waals surface area contributed by atoms with Crippen LogP contribution in [0.5, 0.6) is 0 Å². The first-order chi connectivity index (χ1) is 10.8. The second kappa shape index (κ2) is 6.69. The third-order valence-electron chi connectivity index (χ3n) is 5.51. The monoisotopic (exact) mass is 344 g/mol. The van der Waals surface area contributed by atoms with Gasteiger partial charge in [0, 0.05) is 25.6 Å². The molecule has 3 aliphatic rings. The average molecular weight is 344 g/mol. The number of hydrogen-bond acceptors (Lipinski definition) is 4. The summed E-state index contributed by atoms with van der Waals surface area (Å²) in [5, 5.41) is 2.85. The first-order valence-electron chi connectivity index (χ1n) is 8.76. The molecule has 2 bridgehead atoms. The van der Waals surface area contributed by atoms with Crippen LogP contribution in [0.4, 0.5) is 0 Å². The fourth-order valence-electron chi connectivity index (χ4n) is 4.49. The zero-order chi connectivity index (χ0) is 16.6. The molecule has 2 aliphatic carbocycles. The van der Waals surface area contributed by atoms with Gasteiger partial charge in [0.1, 0.15) is 0 Å². The van der Waals surface area contributed by atoms with E-state index in [9.17, 15) is 13.2 Å². The first kappa shape index (κ1) is 17.2. The van der Waals surface area contributed by atoms with Gasteiger partial charge in [0.25, 0.3) is 0 Å². The zero-order valence-corrected chi connectivity index (χ0v) is 14.8. The van der Waals surface area contributed by atoms with Crippen LogP contribution in [-0.2, 0) is 19.6 Å². The summed E-state index contributed by atoms with van der Waals surface area (Å²) in [5.74, 6) is 1.38. The van der Waals surface area contributed by atoms with Crippen molar-refractivity contribution in [2.45, 2.75) is 51.7 Å². The maximum atomic E-state index is 12.4. The van der Waals surface area contributed by atoms with Gasteiger partial charge in [0.15, 0.2) is 0 Å². The van der Waals surface area contributed by atoms with Crippen LogP contribution in [0.2, 0.25) is 0 Å². The minimum Gasteiger partial charge on any atom is -0.373 e. The van der Waals surface area contributed by atoms with Crippen molar-refractivity contribution in [3.8, 4) is 0 Å². The fourth-order valence-corrected chi connectivity index (χ4v) is 5.98. The highest BCUT2D eigenvalue weighted by atomic mass is 32.2. The molecule has 1 aliphatic heterocycles. The minimum atomic E-state index is -3.34. The molecule has 0 aromatic rings. The van der Waals surface area contributed by atoms with Crippen LogP contribution in [0.3, 0.4) is 0 Å².